The fraction of sp³-hybridized carbons (Fsp3) is 0.233. The Morgan fingerprint density at radius 3 is 1.38 bits per heavy atom. The minimum absolute atomic E-state index is 0.00749. The average Bonchev–Trinajstić information content (AvgIpc) is 3.95. The minimum atomic E-state index is -0.237. The average molecular weight is 1150 g/mol. The lowest BCUT2D eigenvalue weighted by molar-refractivity contribution is 0.589. The van der Waals surface area contributed by atoms with E-state index >= 15 is 0 Å². The topological polar surface area (TPSA) is 9.72 Å². The van der Waals surface area contributed by atoms with E-state index in [1.54, 1.807) is 0 Å². The number of rotatable bonds is 10. The molecule has 78 heavy (non-hydrogen) atoms. The number of nitrogens with zero attached hydrogens (tertiary/aromatic N) is 3. The van der Waals surface area contributed by atoms with Gasteiger partial charge in [0.2, 0.25) is 0 Å². The number of halogens is 1. The first-order valence-electron chi connectivity index (χ1n) is 27.5. The highest BCUT2D eigenvalue weighted by molar-refractivity contribution is 14.1. The smallest absolute Gasteiger partial charge is 0.0906 e. The maximum absolute atomic E-state index is 2.64. The van der Waals surface area contributed by atoms with Crippen LogP contribution in [-0.4, -0.2) is 0 Å². The molecule has 1 heterocycles. The molecule has 0 fully saturated rings. The Hall–Kier alpha value is -6.93. The molecule has 0 unspecified atom stereocenters. The van der Waals surface area contributed by atoms with Crippen LogP contribution in [0.4, 0.5) is 51.2 Å². The van der Waals surface area contributed by atoms with Gasteiger partial charge in [-0.2, -0.15) is 0 Å². The summed E-state index contributed by atoms with van der Waals surface area (Å²) in [5.74, 6) is 0. The number of hydrogen-bond acceptors (Lipinski definition) is 4. The molecule has 3 nitrogen and oxygen atoms in total. The molecule has 0 saturated carbocycles. The second-order valence-corrected chi connectivity index (χ2v) is 27.9. The van der Waals surface area contributed by atoms with Gasteiger partial charge in [-0.05, 0) is 205 Å². The number of anilines is 9. The van der Waals surface area contributed by atoms with Gasteiger partial charge in [-0.3, -0.25) is 0 Å². The summed E-state index contributed by atoms with van der Waals surface area (Å²) >= 11 is 4.54. The van der Waals surface area contributed by atoms with Crippen LogP contribution in [0.5, 0.6) is 0 Å². The van der Waals surface area contributed by atoms with Crippen molar-refractivity contribution in [1.29, 1.82) is 0 Å². The van der Waals surface area contributed by atoms with Crippen molar-refractivity contribution in [1.82, 2.24) is 0 Å². The SMILES string of the molecule is Cc1cc(C(C)(C)C)ccc1N(c1ccc(C(C)(C)C)cc1)c1cc(-c2ccccc2)cc(N(c2ccc(C(C)(C)C)cc2)c2c(I)sc3cc4c(cc23)-c2ccc(N(c3ccccc3)c3ccccc3)cc2C4(C)C)c1C. The van der Waals surface area contributed by atoms with Crippen LogP contribution >= 0.6 is 33.9 Å². The summed E-state index contributed by atoms with van der Waals surface area (Å²) in [6.45, 7) is 30.1. The zero-order chi connectivity index (χ0) is 55.1. The van der Waals surface area contributed by atoms with Crippen molar-refractivity contribution in [2.45, 2.75) is 112 Å². The number of benzene rings is 9. The van der Waals surface area contributed by atoms with Crippen molar-refractivity contribution in [3.8, 4) is 22.3 Å². The summed E-state index contributed by atoms with van der Waals surface area (Å²) in [5, 5.41) is 1.25. The first-order valence-corrected chi connectivity index (χ1v) is 29.4. The molecule has 0 bridgehead atoms. The van der Waals surface area contributed by atoms with Gasteiger partial charge >= 0.3 is 0 Å². The quantitative estimate of drug-likeness (QED) is 0.126. The van der Waals surface area contributed by atoms with Gasteiger partial charge in [0.25, 0.3) is 0 Å². The van der Waals surface area contributed by atoms with Crippen LogP contribution in [0.15, 0.2) is 200 Å². The molecule has 5 heteroatoms. The van der Waals surface area contributed by atoms with Crippen molar-refractivity contribution in [2.75, 3.05) is 14.7 Å². The van der Waals surface area contributed by atoms with E-state index in [0.717, 1.165) is 51.1 Å². The lowest BCUT2D eigenvalue weighted by Gasteiger charge is -2.34. The Labute approximate surface area is 482 Å². The van der Waals surface area contributed by atoms with E-state index in [4.69, 9.17) is 0 Å². The van der Waals surface area contributed by atoms with Gasteiger partial charge in [-0.15, -0.1) is 11.3 Å². The zero-order valence-electron chi connectivity index (χ0n) is 47.7. The Morgan fingerprint density at radius 2 is 0.859 bits per heavy atom. The van der Waals surface area contributed by atoms with Gasteiger partial charge in [-0.1, -0.05) is 185 Å². The van der Waals surface area contributed by atoms with Crippen LogP contribution in [0.1, 0.15) is 115 Å². The monoisotopic (exact) mass is 1150 g/mol. The third-order valence-corrected chi connectivity index (χ3v) is 18.2. The fourth-order valence-corrected chi connectivity index (χ4v) is 13.7. The first-order chi connectivity index (χ1) is 37.1. The first kappa shape index (κ1) is 53.1. The Morgan fingerprint density at radius 1 is 0.397 bits per heavy atom. The van der Waals surface area contributed by atoms with E-state index in [1.165, 1.54) is 74.3 Å². The van der Waals surface area contributed by atoms with E-state index in [-0.39, 0.29) is 21.7 Å². The number of hydrogen-bond donors (Lipinski definition) is 0. The molecular weight excluding hydrogens is 1080 g/mol. The lowest BCUT2D eigenvalue weighted by atomic mass is 9.82. The predicted molar refractivity (Wildman–Crippen MR) is 347 cm³/mol. The van der Waals surface area contributed by atoms with Gasteiger partial charge in [0, 0.05) is 49.6 Å². The second-order valence-electron chi connectivity index (χ2n) is 25.0. The van der Waals surface area contributed by atoms with Crippen LogP contribution in [0.3, 0.4) is 0 Å². The highest BCUT2D eigenvalue weighted by atomic mass is 127. The van der Waals surface area contributed by atoms with Crippen LogP contribution in [0, 0.1) is 16.7 Å². The summed E-state index contributed by atoms with van der Waals surface area (Å²) < 4.78 is 2.53. The van der Waals surface area contributed by atoms with Gasteiger partial charge in [0.15, 0.2) is 0 Å². The third-order valence-electron chi connectivity index (χ3n) is 16.1. The molecule has 0 radical (unpaired) electrons. The van der Waals surface area contributed by atoms with Gasteiger partial charge in [-0.25, -0.2) is 0 Å². The molecule has 0 amide bonds. The maximum atomic E-state index is 2.64. The number of fused-ring (bicyclic) bond motifs is 4. The summed E-state index contributed by atoms with van der Waals surface area (Å²) in [4.78, 5) is 7.49. The van der Waals surface area contributed by atoms with Crippen molar-refractivity contribution in [3.05, 3.63) is 242 Å². The maximum Gasteiger partial charge on any atom is 0.0906 e. The van der Waals surface area contributed by atoms with Crippen molar-refractivity contribution in [2.24, 2.45) is 0 Å². The van der Waals surface area contributed by atoms with Crippen molar-refractivity contribution < 1.29 is 0 Å². The Bertz CT molecular complexity index is 3790. The van der Waals surface area contributed by atoms with E-state index in [9.17, 15) is 0 Å². The Balaban J connectivity index is 1.16. The zero-order valence-corrected chi connectivity index (χ0v) is 50.7. The minimum Gasteiger partial charge on any atom is -0.310 e. The Kier molecular flexibility index (Phi) is 13.7. The summed E-state index contributed by atoms with van der Waals surface area (Å²) in [7, 11) is 0. The number of aryl methyl sites for hydroxylation is 1. The number of thiophene rings is 1. The number of para-hydroxylation sites is 2. The van der Waals surface area contributed by atoms with E-state index in [1.807, 2.05) is 11.3 Å². The summed E-state index contributed by atoms with van der Waals surface area (Å²) in [6.07, 6.45) is 0. The summed E-state index contributed by atoms with van der Waals surface area (Å²) in [5.41, 5.74) is 24.1. The third kappa shape index (κ3) is 9.76. The molecule has 0 spiro atoms. The predicted octanol–water partition coefficient (Wildman–Crippen LogP) is 22.4. The van der Waals surface area contributed by atoms with Crippen molar-refractivity contribution in [3.63, 3.8) is 0 Å². The molecular formula is C73H72IN3S. The highest BCUT2D eigenvalue weighted by Gasteiger charge is 2.38. The molecule has 0 N–H and O–H groups in total. The molecule has 1 aliphatic rings. The molecule has 11 rings (SSSR count). The van der Waals surface area contributed by atoms with E-state index < -0.39 is 0 Å². The van der Waals surface area contributed by atoms with Crippen LogP contribution < -0.4 is 14.7 Å². The molecule has 9 aromatic carbocycles. The van der Waals surface area contributed by atoms with E-state index in [0.29, 0.717) is 0 Å². The molecule has 0 atom stereocenters. The van der Waals surface area contributed by atoms with Gasteiger partial charge < -0.3 is 14.7 Å². The standard InChI is InChI=1S/C73H72IN3S/c1-47-41-53(72(9,10)11)33-40-64(47)76(56-34-29-51(30-35-56)70(3,4)5)65-42-50(49-23-17-14-18-24-49)43-66(48(65)2)77(57-36-31-52(32-37-57)71(6,7)8)68-61-45-60-59-39-38-58(44-62(59)73(12,13)63(60)46-67(61)78-69(68)74)75(54-25-19-15-20-26-54)55-27-21-16-22-28-55/h14-46H,1-13H3. The van der Waals surface area contributed by atoms with Gasteiger partial charge in [0.1, 0.15) is 0 Å². The molecule has 1 aliphatic carbocycles. The largest absolute Gasteiger partial charge is 0.310 e. The van der Waals surface area contributed by atoms with Crippen LogP contribution in [0.2, 0.25) is 0 Å². The normalized spacial score (nSPS) is 13.1. The fourth-order valence-electron chi connectivity index (χ4n) is 11.6. The highest BCUT2D eigenvalue weighted by Crippen LogP contribution is 2.56. The second kappa shape index (κ2) is 20.1. The molecule has 392 valence electrons. The molecule has 0 saturated heterocycles. The summed E-state index contributed by atoms with van der Waals surface area (Å²) in [6, 6.07) is 75.2. The van der Waals surface area contributed by atoms with Crippen LogP contribution in [0.25, 0.3) is 32.3 Å². The lowest BCUT2D eigenvalue weighted by Crippen LogP contribution is -2.18. The van der Waals surface area contributed by atoms with E-state index in [2.05, 4.69) is 327 Å². The van der Waals surface area contributed by atoms with Crippen molar-refractivity contribution >= 4 is 95.2 Å². The molecule has 0 aliphatic heterocycles. The molecule has 1 aromatic heterocycles. The van der Waals surface area contributed by atoms with Gasteiger partial charge in [0.05, 0.1) is 19.9 Å². The van der Waals surface area contributed by atoms with Crippen LogP contribution in [-0.2, 0) is 21.7 Å². The molecule has 10 aromatic rings.